The molecule has 0 saturated carbocycles. The third-order valence-electron chi connectivity index (χ3n) is 5.07. The fourth-order valence-electron chi connectivity index (χ4n) is 3.67. The lowest BCUT2D eigenvalue weighted by molar-refractivity contribution is -0.132. The molecule has 7 nitrogen and oxygen atoms in total. The van der Waals surface area contributed by atoms with E-state index in [1.807, 2.05) is 23.1 Å². The van der Waals surface area contributed by atoms with Crippen LogP contribution >= 0.6 is 0 Å². The van der Waals surface area contributed by atoms with E-state index in [9.17, 15) is 4.79 Å². The van der Waals surface area contributed by atoms with Crippen molar-refractivity contribution < 1.29 is 18.5 Å². The van der Waals surface area contributed by atoms with Crippen molar-refractivity contribution in [3.8, 4) is 17.3 Å². The second-order valence-corrected chi connectivity index (χ2v) is 6.93. The lowest BCUT2D eigenvalue weighted by atomic mass is 10.0. The summed E-state index contributed by atoms with van der Waals surface area (Å²) in [5.41, 5.74) is 1.18. The van der Waals surface area contributed by atoms with E-state index in [1.165, 1.54) is 5.56 Å². The van der Waals surface area contributed by atoms with Gasteiger partial charge in [0.05, 0.1) is 13.4 Å². The molecule has 1 aliphatic rings. The Kier molecular flexibility index (Phi) is 5.41. The molecular weight excluding hydrogens is 358 g/mol. The van der Waals surface area contributed by atoms with E-state index in [4.69, 9.17) is 13.7 Å². The van der Waals surface area contributed by atoms with Crippen molar-refractivity contribution in [1.82, 2.24) is 15.0 Å². The van der Waals surface area contributed by atoms with Crippen LogP contribution in [0, 0.1) is 0 Å². The highest BCUT2D eigenvalue weighted by Crippen LogP contribution is 2.24. The third kappa shape index (κ3) is 4.08. The number of nitrogens with zero attached hydrogens (tertiary/aromatic N) is 3. The Morgan fingerprint density at radius 1 is 1.32 bits per heavy atom. The number of rotatable bonds is 7. The number of likely N-dealkylation sites (tertiary alicyclic amines) is 1. The molecule has 0 N–H and O–H groups in total. The molecule has 0 spiro atoms. The number of aromatic nitrogens is 2. The van der Waals surface area contributed by atoms with Gasteiger partial charge in [-0.15, -0.1) is 0 Å². The maximum Gasteiger partial charge on any atom is 0.238 e. The van der Waals surface area contributed by atoms with Gasteiger partial charge in [0.15, 0.2) is 5.76 Å². The van der Waals surface area contributed by atoms with Crippen LogP contribution in [-0.4, -0.2) is 40.6 Å². The Morgan fingerprint density at radius 2 is 2.25 bits per heavy atom. The van der Waals surface area contributed by atoms with Crippen molar-refractivity contribution in [2.24, 2.45) is 0 Å². The van der Waals surface area contributed by atoms with Crippen LogP contribution in [0.1, 0.15) is 30.7 Å². The van der Waals surface area contributed by atoms with Crippen LogP contribution in [-0.2, 0) is 17.6 Å². The molecule has 2 aromatic heterocycles. The SMILES string of the molecule is COc1cccc(CC2CCCN2C(=O)CCc2nc(-c3ccco3)no2)c1. The molecule has 0 bridgehead atoms. The third-order valence-corrected chi connectivity index (χ3v) is 5.07. The van der Waals surface area contributed by atoms with Crippen molar-refractivity contribution >= 4 is 5.91 Å². The van der Waals surface area contributed by atoms with Crippen LogP contribution in [0.2, 0.25) is 0 Å². The summed E-state index contributed by atoms with van der Waals surface area (Å²) in [6, 6.07) is 11.8. The topological polar surface area (TPSA) is 81.6 Å². The Hall–Kier alpha value is -3.09. The van der Waals surface area contributed by atoms with Crippen LogP contribution < -0.4 is 4.74 Å². The molecule has 1 amide bonds. The second kappa shape index (κ2) is 8.29. The number of carbonyl (C=O) groups is 1. The minimum atomic E-state index is 0.128. The van der Waals surface area contributed by atoms with Crippen molar-refractivity contribution in [3.05, 3.63) is 54.1 Å². The summed E-state index contributed by atoms with van der Waals surface area (Å²) in [5.74, 6) is 2.38. The molecule has 1 aromatic carbocycles. The predicted molar refractivity (Wildman–Crippen MR) is 102 cm³/mol. The lowest BCUT2D eigenvalue weighted by Crippen LogP contribution is -2.36. The fraction of sp³-hybridized carbons (Fsp3) is 0.381. The summed E-state index contributed by atoms with van der Waals surface area (Å²) in [6.07, 6.45) is 5.23. The zero-order chi connectivity index (χ0) is 19.3. The molecule has 1 saturated heterocycles. The van der Waals surface area contributed by atoms with Gasteiger partial charge in [-0.2, -0.15) is 4.98 Å². The maximum absolute atomic E-state index is 12.8. The summed E-state index contributed by atoms with van der Waals surface area (Å²) in [6.45, 7) is 0.801. The van der Waals surface area contributed by atoms with Gasteiger partial charge in [0.25, 0.3) is 0 Å². The zero-order valence-corrected chi connectivity index (χ0v) is 15.8. The van der Waals surface area contributed by atoms with Gasteiger partial charge in [0.2, 0.25) is 17.6 Å². The lowest BCUT2D eigenvalue weighted by Gasteiger charge is -2.25. The second-order valence-electron chi connectivity index (χ2n) is 6.93. The largest absolute Gasteiger partial charge is 0.497 e. The van der Waals surface area contributed by atoms with E-state index >= 15 is 0 Å². The van der Waals surface area contributed by atoms with Gasteiger partial charge in [-0.25, -0.2) is 0 Å². The molecule has 1 atom stereocenters. The van der Waals surface area contributed by atoms with Crippen molar-refractivity contribution in [3.63, 3.8) is 0 Å². The molecule has 28 heavy (non-hydrogen) atoms. The van der Waals surface area contributed by atoms with Crippen molar-refractivity contribution in [2.45, 2.75) is 38.1 Å². The average molecular weight is 381 g/mol. The zero-order valence-electron chi connectivity index (χ0n) is 15.8. The monoisotopic (exact) mass is 381 g/mol. The number of ether oxygens (including phenoxy) is 1. The van der Waals surface area contributed by atoms with Crippen LogP contribution in [0.15, 0.2) is 51.6 Å². The average Bonchev–Trinajstić information content (AvgIpc) is 3.47. The van der Waals surface area contributed by atoms with E-state index in [0.29, 0.717) is 30.3 Å². The first-order valence-electron chi connectivity index (χ1n) is 9.52. The first-order valence-corrected chi connectivity index (χ1v) is 9.52. The molecule has 4 rings (SSSR count). The Balaban J connectivity index is 1.34. The highest BCUT2D eigenvalue weighted by atomic mass is 16.5. The van der Waals surface area contributed by atoms with Gasteiger partial charge >= 0.3 is 0 Å². The number of aryl methyl sites for hydroxylation is 1. The van der Waals surface area contributed by atoms with E-state index < -0.39 is 0 Å². The highest BCUT2D eigenvalue weighted by Gasteiger charge is 2.29. The van der Waals surface area contributed by atoms with Crippen LogP contribution in [0.3, 0.4) is 0 Å². The van der Waals surface area contributed by atoms with Gasteiger partial charge in [-0.1, -0.05) is 17.3 Å². The predicted octanol–water partition coefficient (Wildman–Crippen LogP) is 3.50. The minimum Gasteiger partial charge on any atom is -0.497 e. The molecule has 146 valence electrons. The van der Waals surface area contributed by atoms with E-state index in [1.54, 1.807) is 25.5 Å². The molecule has 1 aliphatic heterocycles. The van der Waals surface area contributed by atoms with E-state index in [-0.39, 0.29) is 11.9 Å². The number of hydrogen-bond donors (Lipinski definition) is 0. The summed E-state index contributed by atoms with van der Waals surface area (Å²) < 4.78 is 15.8. The van der Waals surface area contributed by atoms with E-state index in [0.717, 1.165) is 31.6 Å². The number of methoxy groups -OCH3 is 1. The van der Waals surface area contributed by atoms with Crippen LogP contribution in [0.25, 0.3) is 11.6 Å². The summed E-state index contributed by atoms with van der Waals surface area (Å²) in [5, 5.41) is 3.90. The van der Waals surface area contributed by atoms with E-state index in [2.05, 4.69) is 16.2 Å². The Morgan fingerprint density at radius 3 is 3.07 bits per heavy atom. The Bertz CT molecular complexity index is 919. The van der Waals surface area contributed by atoms with Gasteiger partial charge in [0.1, 0.15) is 5.75 Å². The van der Waals surface area contributed by atoms with Gasteiger partial charge in [-0.05, 0) is 49.1 Å². The minimum absolute atomic E-state index is 0.128. The summed E-state index contributed by atoms with van der Waals surface area (Å²) in [4.78, 5) is 19.1. The molecule has 7 heteroatoms. The number of benzene rings is 1. The standard InChI is InChI=1S/C21H23N3O4/c1-26-17-7-2-5-15(14-17)13-16-6-3-11-24(16)20(25)10-9-19-22-21(23-28-19)18-8-4-12-27-18/h2,4-5,7-8,12,14,16H,3,6,9-11,13H2,1H3. The van der Waals surface area contributed by atoms with Gasteiger partial charge < -0.3 is 18.6 Å². The number of hydrogen-bond acceptors (Lipinski definition) is 6. The number of furan rings is 1. The maximum atomic E-state index is 12.8. The van der Waals surface area contributed by atoms with Gasteiger partial charge in [0, 0.05) is 25.4 Å². The first kappa shape index (κ1) is 18.3. The summed E-state index contributed by atoms with van der Waals surface area (Å²) in [7, 11) is 1.67. The Labute approximate surface area is 163 Å². The highest BCUT2D eigenvalue weighted by molar-refractivity contribution is 5.77. The molecule has 3 aromatic rings. The smallest absolute Gasteiger partial charge is 0.238 e. The number of amides is 1. The fourth-order valence-corrected chi connectivity index (χ4v) is 3.67. The van der Waals surface area contributed by atoms with Crippen LogP contribution in [0.4, 0.5) is 0 Å². The molecule has 0 radical (unpaired) electrons. The number of carbonyl (C=O) groups excluding carboxylic acids is 1. The van der Waals surface area contributed by atoms with Crippen molar-refractivity contribution in [1.29, 1.82) is 0 Å². The first-order chi connectivity index (χ1) is 13.7. The molecular formula is C21H23N3O4. The van der Waals surface area contributed by atoms with Crippen molar-refractivity contribution in [2.75, 3.05) is 13.7 Å². The van der Waals surface area contributed by atoms with Crippen LogP contribution in [0.5, 0.6) is 5.75 Å². The summed E-state index contributed by atoms with van der Waals surface area (Å²) >= 11 is 0. The molecule has 1 fully saturated rings. The molecule has 3 heterocycles. The quantitative estimate of drug-likeness (QED) is 0.623. The molecule has 0 aliphatic carbocycles. The van der Waals surface area contributed by atoms with Gasteiger partial charge in [-0.3, -0.25) is 4.79 Å². The molecule has 1 unspecified atom stereocenters. The normalized spacial score (nSPS) is 16.5.